The minimum Gasteiger partial charge on any atom is -0.455 e. The molecule has 1 aliphatic carbocycles. The molecule has 1 amide bonds. The summed E-state index contributed by atoms with van der Waals surface area (Å²) in [5, 5.41) is 0. The molecule has 4 nitrogen and oxygen atoms in total. The molecule has 0 bridgehead atoms. The molecule has 0 saturated carbocycles. The summed E-state index contributed by atoms with van der Waals surface area (Å²) < 4.78 is 32.9. The molecule has 1 aliphatic heterocycles. The fourth-order valence-electron chi connectivity index (χ4n) is 3.76. The van der Waals surface area contributed by atoms with E-state index in [1.165, 1.54) is 4.90 Å². The van der Waals surface area contributed by atoms with E-state index in [2.05, 4.69) is 0 Å². The third-order valence-corrected chi connectivity index (χ3v) is 4.99. The number of fused-ring (bicyclic) bond motifs is 2. The number of hydrogen-bond acceptors (Lipinski definition) is 3. The first-order valence-electron chi connectivity index (χ1n) is 8.42. The number of aryl methyl sites for hydroxylation is 2. The number of hydrogen-bond donors (Lipinski definition) is 0. The van der Waals surface area contributed by atoms with Crippen molar-refractivity contribution in [1.82, 2.24) is 0 Å². The number of rotatable bonds is 1. The molecule has 0 unspecified atom stereocenters. The Morgan fingerprint density at radius 1 is 1.12 bits per heavy atom. The molecule has 2 aromatic rings. The lowest BCUT2D eigenvalue weighted by molar-refractivity contribution is 0.0947. The van der Waals surface area contributed by atoms with Crippen LogP contribution in [0.4, 0.5) is 14.5 Å². The average molecular weight is 345 g/mol. The molecule has 0 spiro atoms. The summed E-state index contributed by atoms with van der Waals surface area (Å²) in [6.07, 6.45) is 3.04. The van der Waals surface area contributed by atoms with E-state index in [9.17, 15) is 18.4 Å². The van der Waals surface area contributed by atoms with Crippen LogP contribution in [0.1, 0.15) is 57.1 Å². The van der Waals surface area contributed by atoms with Crippen molar-refractivity contribution in [1.29, 1.82) is 0 Å². The normalized spacial score (nSPS) is 16.6. The summed E-state index contributed by atoms with van der Waals surface area (Å²) in [5.74, 6) is -1.63. The fourth-order valence-corrected chi connectivity index (χ4v) is 3.76. The molecular weight excluding hydrogens is 328 g/mol. The van der Waals surface area contributed by atoms with Crippen LogP contribution in [0.25, 0.3) is 0 Å². The van der Waals surface area contributed by atoms with E-state index in [0.29, 0.717) is 66.8 Å². The van der Waals surface area contributed by atoms with Gasteiger partial charge in [-0.15, -0.1) is 0 Å². The van der Waals surface area contributed by atoms with Crippen molar-refractivity contribution in [3.8, 4) is 0 Å². The second kappa shape index (κ2) is 5.79. The molecule has 1 aromatic heterocycles. The number of carbonyl (C=O) groups is 2. The SMILES string of the molecule is Cc1c(C(=O)N2CCCc3cc(F)c(F)cc32)oc2c1C(=O)CCC2. The lowest BCUT2D eigenvalue weighted by Crippen LogP contribution is -2.36. The highest BCUT2D eigenvalue weighted by molar-refractivity contribution is 6.09. The second-order valence-electron chi connectivity index (χ2n) is 6.59. The van der Waals surface area contributed by atoms with Crippen molar-refractivity contribution < 1.29 is 22.8 Å². The summed E-state index contributed by atoms with van der Waals surface area (Å²) in [5.41, 5.74) is 2.02. The standard InChI is InChI=1S/C19H17F2NO3/c1-10-17-15(23)5-2-6-16(17)25-18(10)19(24)22-7-3-4-11-8-12(20)13(21)9-14(11)22/h8-9H,2-7H2,1H3. The van der Waals surface area contributed by atoms with Gasteiger partial charge in [-0.3, -0.25) is 9.59 Å². The van der Waals surface area contributed by atoms with Crippen molar-refractivity contribution >= 4 is 17.4 Å². The Morgan fingerprint density at radius 3 is 2.64 bits per heavy atom. The number of benzene rings is 1. The van der Waals surface area contributed by atoms with Crippen molar-refractivity contribution in [2.45, 2.75) is 39.0 Å². The number of amides is 1. The summed E-state index contributed by atoms with van der Waals surface area (Å²) in [4.78, 5) is 26.6. The van der Waals surface area contributed by atoms with Crippen LogP contribution in [-0.4, -0.2) is 18.2 Å². The van der Waals surface area contributed by atoms with Crippen molar-refractivity contribution in [3.05, 3.63) is 52.0 Å². The first-order valence-corrected chi connectivity index (χ1v) is 8.42. The first kappa shape index (κ1) is 16.0. The van der Waals surface area contributed by atoms with Gasteiger partial charge in [-0.1, -0.05) is 0 Å². The van der Waals surface area contributed by atoms with Crippen molar-refractivity contribution in [2.24, 2.45) is 0 Å². The number of ketones is 1. The van der Waals surface area contributed by atoms with Gasteiger partial charge in [0.05, 0.1) is 11.3 Å². The van der Waals surface area contributed by atoms with Crippen LogP contribution in [0.3, 0.4) is 0 Å². The Hall–Kier alpha value is -2.50. The quantitative estimate of drug-likeness (QED) is 0.786. The topological polar surface area (TPSA) is 50.5 Å². The smallest absolute Gasteiger partial charge is 0.294 e. The molecule has 0 fully saturated rings. The van der Waals surface area contributed by atoms with Gasteiger partial charge in [0.25, 0.3) is 5.91 Å². The van der Waals surface area contributed by atoms with Gasteiger partial charge in [0.2, 0.25) is 0 Å². The van der Waals surface area contributed by atoms with Crippen LogP contribution >= 0.6 is 0 Å². The maximum absolute atomic E-state index is 13.7. The highest BCUT2D eigenvalue weighted by Gasteiger charge is 2.33. The van der Waals surface area contributed by atoms with Crippen LogP contribution in [0.2, 0.25) is 0 Å². The zero-order valence-corrected chi connectivity index (χ0v) is 13.8. The van der Waals surface area contributed by atoms with Crippen LogP contribution in [0, 0.1) is 18.6 Å². The van der Waals surface area contributed by atoms with E-state index in [4.69, 9.17) is 4.42 Å². The van der Waals surface area contributed by atoms with E-state index in [1.807, 2.05) is 0 Å². The fraction of sp³-hybridized carbons (Fsp3) is 0.368. The zero-order valence-electron chi connectivity index (χ0n) is 13.8. The van der Waals surface area contributed by atoms with Gasteiger partial charge in [-0.2, -0.15) is 0 Å². The maximum Gasteiger partial charge on any atom is 0.294 e. The van der Waals surface area contributed by atoms with Crippen molar-refractivity contribution in [2.75, 3.05) is 11.4 Å². The molecule has 2 heterocycles. The van der Waals surface area contributed by atoms with Gasteiger partial charge in [0, 0.05) is 31.0 Å². The van der Waals surface area contributed by atoms with Crippen LogP contribution < -0.4 is 4.90 Å². The lowest BCUT2D eigenvalue weighted by Gasteiger charge is -2.29. The minimum atomic E-state index is -0.982. The third kappa shape index (κ3) is 2.47. The van der Waals surface area contributed by atoms with Gasteiger partial charge < -0.3 is 9.32 Å². The molecule has 1 aromatic carbocycles. The molecule has 130 valence electrons. The van der Waals surface area contributed by atoms with Crippen LogP contribution in [0.15, 0.2) is 16.5 Å². The molecule has 2 aliphatic rings. The molecule has 4 rings (SSSR count). The largest absolute Gasteiger partial charge is 0.455 e. The lowest BCUT2D eigenvalue weighted by atomic mass is 9.93. The number of nitrogens with zero attached hydrogens (tertiary/aromatic N) is 1. The number of Topliss-reactive ketones (excluding diaryl/α,β-unsaturated/α-hetero) is 1. The Balaban J connectivity index is 1.77. The summed E-state index contributed by atoms with van der Waals surface area (Å²) in [6, 6.07) is 2.21. The molecule has 6 heteroatoms. The van der Waals surface area contributed by atoms with Gasteiger partial charge in [-0.25, -0.2) is 8.78 Å². The zero-order chi connectivity index (χ0) is 17.7. The predicted molar refractivity (Wildman–Crippen MR) is 87.1 cm³/mol. The van der Waals surface area contributed by atoms with Crippen LogP contribution in [-0.2, 0) is 12.8 Å². The summed E-state index contributed by atoms with van der Waals surface area (Å²) in [7, 11) is 0. The number of halogens is 2. The Labute approximate surface area is 143 Å². The summed E-state index contributed by atoms with van der Waals surface area (Å²) >= 11 is 0. The van der Waals surface area contributed by atoms with E-state index >= 15 is 0 Å². The monoisotopic (exact) mass is 345 g/mol. The Kier molecular flexibility index (Phi) is 3.71. The average Bonchev–Trinajstić information content (AvgIpc) is 2.93. The van der Waals surface area contributed by atoms with Gasteiger partial charge in [-0.05, 0) is 37.8 Å². The number of anilines is 1. The summed E-state index contributed by atoms with van der Waals surface area (Å²) in [6.45, 7) is 2.10. The first-order chi connectivity index (χ1) is 12.0. The number of furan rings is 1. The minimum absolute atomic E-state index is 0.00582. The molecule has 0 N–H and O–H groups in total. The van der Waals surface area contributed by atoms with Gasteiger partial charge >= 0.3 is 0 Å². The molecule has 25 heavy (non-hydrogen) atoms. The second-order valence-corrected chi connectivity index (χ2v) is 6.59. The molecule has 0 saturated heterocycles. The highest BCUT2D eigenvalue weighted by atomic mass is 19.2. The molecule has 0 atom stereocenters. The number of carbonyl (C=O) groups excluding carboxylic acids is 2. The third-order valence-electron chi connectivity index (χ3n) is 4.99. The molecule has 0 radical (unpaired) electrons. The van der Waals surface area contributed by atoms with E-state index in [1.54, 1.807) is 6.92 Å². The van der Waals surface area contributed by atoms with E-state index < -0.39 is 17.5 Å². The maximum atomic E-state index is 13.7. The van der Waals surface area contributed by atoms with Gasteiger partial charge in [0.15, 0.2) is 23.2 Å². The van der Waals surface area contributed by atoms with E-state index in [0.717, 1.165) is 12.1 Å². The van der Waals surface area contributed by atoms with E-state index in [-0.39, 0.29) is 11.5 Å². The molecular formula is C19H17F2NO3. The van der Waals surface area contributed by atoms with Crippen molar-refractivity contribution in [3.63, 3.8) is 0 Å². The Bertz CT molecular complexity index is 901. The highest BCUT2D eigenvalue weighted by Crippen LogP contribution is 2.34. The van der Waals surface area contributed by atoms with Crippen LogP contribution in [0.5, 0.6) is 0 Å². The Morgan fingerprint density at radius 2 is 1.88 bits per heavy atom. The predicted octanol–water partition coefficient (Wildman–Crippen LogP) is 3.98. The van der Waals surface area contributed by atoms with Gasteiger partial charge in [0.1, 0.15) is 5.76 Å².